The third kappa shape index (κ3) is 5.68. The number of hydrogen-bond acceptors (Lipinski definition) is 6. The first-order valence-electron chi connectivity index (χ1n) is 9.45. The Balaban J connectivity index is 1.62. The Morgan fingerprint density at radius 3 is 2.41 bits per heavy atom. The summed E-state index contributed by atoms with van der Waals surface area (Å²) in [5, 5.41) is 9.35. The van der Waals surface area contributed by atoms with Crippen LogP contribution < -0.4 is 20.7 Å². The topological polar surface area (TPSA) is 88.2 Å². The Hall–Kier alpha value is -3.61. The predicted molar refractivity (Wildman–Crippen MR) is 116 cm³/mol. The van der Waals surface area contributed by atoms with Gasteiger partial charge in [0.15, 0.2) is 0 Å². The molecule has 0 atom stereocenters. The summed E-state index contributed by atoms with van der Waals surface area (Å²) in [6.45, 7) is 4.66. The lowest BCUT2D eigenvalue weighted by atomic mass is 10.1. The average Bonchev–Trinajstić information content (AvgIpc) is 2.70. The summed E-state index contributed by atoms with van der Waals surface area (Å²) in [6.07, 6.45) is 0.247. The maximum atomic E-state index is 12.4. The number of rotatable bonds is 8. The van der Waals surface area contributed by atoms with Crippen molar-refractivity contribution >= 4 is 28.9 Å². The van der Waals surface area contributed by atoms with Crippen LogP contribution in [0.5, 0.6) is 5.75 Å². The summed E-state index contributed by atoms with van der Waals surface area (Å²) in [6, 6.07) is 16.8. The molecule has 0 aliphatic heterocycles. The number of anilines is 4. The zero-order valence-corrected chi connectivity index (χ0v) is 16.8. The largest absolute Gasteiger partial charge is 0.496 e. The normalized spacial score (nSPS) is 10.3. The van der Waals surface area contributed by atoms with E-state index < -0.39 is 0 Å². The van der Waals surface area contributed by atoms with Crippen LogP contribution in [0.25, 0.3) is 0 Å². The van der Waals surface area contributed by atoms with E-state index in [0.29, 0.717) is 17.4 Å². The van der Waals surface area contributed by atoms with Crippen molar-refractivity contribution in [1.82, 2.24) is 9.97 Å². The highest BCUT2D eigenvalue weighted by Crippen LogP contribution is 2.21. The summed E-state index contributed by atoms with van der Waals surface area (Å²) in [4.78, 5) is 21.1. The van der Waals surface area contributed by atoms with E-state index in [4.69, 9.17) is 4.74 Å². The second kappa shape index (κ2) is 9.54. The molecular formula is C22H25N5O2. The summed E-state index contributed by atoms with van der Waals surface area (Å²) in [7, 11) is 1.60. The first kappa shape index (κ1) is 20.1. The smallest absolute Gasteiger partial charge is 0.228 e. The number of carbonyl (C=O) groups is 1. The van der Waals surface area contributed by atoms with E-state index in [1.54, 1.807) is 7.11 Å². The van der Waals surface area contributed by atoms with Crippen LogP contribution in [0.4, 0.5) is 23.0 Å². The second-order valence-electron chi connectivity index (χ2n) is 6.46. The first-order valence-corrected chi connectivity index (χ1v) is 9.45. The fraction of sp³-hybridized carbons (Fsp3) is 0.227. The van der Waals surface area contributed by atoms with Crippen molar-refractivity contribution in [2.45, 2.75) is 20.3 Å². The lowest BCUT2D eigenvalue weighted by Gasteiger charge is -2.11. The van der Waals surface area contributed by atoms with Gasteiger partial charge in [0.2, 0.25) is 5.91 Å². The van der Waals surface area contributed by atoms with Crippen LogP contribution in [0.15, 0.2) is 54.6 Å². The summed E-state index contributed by atoms with van der Waals surface area (Å²) < 4.78 is 5.30. The van der Waals surface area contributed by atoms with Gasteiger partial charge in [-0.1, -0.05) is 18.2 Å². The Labute approximate surface area is 170 Å². The molecule has 1 aromatic heterocycles. The van der Waals surface area contributed by atoms with Crippen LogP contribution in [-0.4, -0.2) is 29.5 Å². The molecular weight excluding hydrogens is 366 g/mol. The molecule has 0 saturated heterocycles. The number of aromatic nitrogens is 2. The molecule has 0 spiro atoms. The van der Waals surface area contributed by atoms with Gasteiger partial charge in [-0.15, -0.1) is 0 Å². The molecule has 7 heteroatoms. The molecule has 3 rings (SSSR count). The number of para-hydroxylation sites is 1. The number of benzene rings is 2. The van der Waals surface area contributed by atoms with E-state index in [9.17, 15) is 4.79 Å². The van der Waals surface area contributed by atoms with Crippen molar-refractivity contribution in [3.63, 3.8) is 0 Å². The van der Waals surface area contributed by atoms with E-state index >= 15 is 0 Å². The molecule has 0 radical (unpaired) electrons. The van der Waals surface area contributed by atoms with E-state index in [0.717, 1.165) is 29.3 Å². The van der Waals surface area contributed by atoms with Gasteiger partial charge in [0.1, 0.15) is 23.2 Å². The predicted octanol–water partition coefficient (Wildman–Crippen LogP) is 4.15. The van der Waals surface area contributed by atoms with Crippen molar-refractivity contribution in [3.8, 4) is 5.75 Å². The van der Waals surface area contributed by atoms with Crippen LogP contribution in [0.1, 0.15) is 18.3 Å². The average molecular weight is 391 g/mol. The summed E-state index contributed by atoms with van der Waals surface area (Å²) in [5.41, 5.74) is 2.44. The van der Waals surface area contributed by atoms with Crippen molar-refractivity contribution in [2.75, 3.05) is 29.6 Å². The molecule has 0 unspecified atom stereocenters. The zero-order chi connectivity index (χ0) is 20.6. The SMILES string of the molecule is CCNc1cc(Nc2ccc(NC(=O)Cc3ccccc3OC)cc2)nc(C)n1. The number of amides is 1. The van der Waals surface area contributed by atoms with Gasteiger partial charge in [0.05, 0.1) is 13.5 Å². The number of hydrogen-bond donors (Lipinski definition) is 3. The number of methoxy groups -OCH3 is 1. The van der Waals surface area contributed by atoms with E-state index in [-0.39, 0.29) is 12.3 Å². The monoisotopic (exact) mass is 391 g/mol. The molecule has 3 N–H and O–H groups in total. The number of nitrogens with zero attached hydrogens (tertiary/aromatic N) is 2. The minimum absolute atomic E-state index is 0.100. The van der Waals surface area contributed by atoms with Crippen LogP contribution in [0.3, 0.4) is 0 Å². The minimum Gasteiger partial charge on any atom is -0.496 e. The van der Waals surface area contributed by atoms with Crippen molar-refractivity contribution in [2.24, 2.45) is 0 Å². The molecule has 0 fully saturated rings. The highest BCUT2D eigenvalue weighted by Gasteiger charge is 2.09. The number of ether oxygens (including phenoxy) is 1. The molecule has 3 aromatic rings. The molecule has 0 bridgehead atoms. The molecule has 1 heterocycles. The number of carbonyl (C=O) groups excluding carboxylic acids is 1. The second-order valence-corrected chi connectivity index (χ2v) is 6.46. The van der Waals surface area contributed by atoms with E-state index in [2.05, 4.69) is 25.9 Å². The van der Waals surface area contributed by atoms with Crippen molar-refractivity contribution in [1.29, 1.82) is 0 Å². The Bertz CT molecular complexity index is 973. The fourth-order valence-electron chi connectivity index (χ4n) is 2.92. The Kier molecular flexibility index (Phi) is 6.63. The zero-order valence-electron chi connectivity index (χ0n) is 16.8. The molecule has 7 nitrogen and oxygen atoms in total. The molecule has 150 valence electrons. The molecule has 29 heavy (non-hydrogen) atoms. The summed E-state index contributed by atoms with van der Waals surface area (Å²) in [5.74, 6) is 2.78. The van der Waals surface area contributed by atoms with Gasteiger partial charge in [-0.3, -0.25) is 4.79 Å². The van der Waals surface area contributed by atoms with Crippen molar-refractivity contribution < 1.29 is 9.53 Å². The maximum Gasteiger partial charge on any atom is 0.228 e. The molecule has 2 aromatic carbocycles. The van der Waals surface area contributed by atoms with Crippen LogP contribution in [0.2, 0.25) is 0 Å². The fourth-order valence-corrected chi connectivity index (χ4v) is 2.92. The van der Waals surface area contributed by atoms with Gasteiger partial charge < -0.3 is 20.7 Å². The van der Waals surface area contributed by atoms with Gasteiger partial charge >= 0.3 is 0 Å². The minimum atomic E-state index is -0.100. The van der Waals surface area contributed by atoms with Gasteiger partial charge in [-0.05, 0) is 44.2 Å². The van der Waals surface area contributed by atoms with E-state index in [1.165, 1.54) is 0 Å². The lowest BCUT2D eigenvalue weighted by molar-refractivity contribution is -0.115. The molecule has 1 amide bonds. The molecule has 0 aliphatic rings. The lowest BCUT2D eigenvalue weighted by Crippen LogP contribution is -2.14. The van der Waals surface area contributed by atoms with Crippen LogP contribution in [0, 0.1) is 6.92 Å². The van der Waals surface area contributed by atoms with Gasteiger partial charge in [-0.2, -0.15) is 0 Å². The standard InChI is InChI=1S/C22H25N5O2/c1-4-23-20-14-21(25-15(2)24-20)26-17-9-11-18(12-10-17)27-22(28)13-16-7-5-6-8-19(16)29-3/h5-12,14H,4,13H2,1-3H3,(H,27,28)(H2,23,24,25,26). The van der Waals surface area contributed by atoms with Crippen LogP contribution >= 0.6 is 0 Å². The molecule has 0 saturated carbocycles. The highest BCUT2D eigenvalue weighted by molar-refractivity contribution is 5.92. The van der Waals surface area contributed by atoms with Gasteiger partial charge in [0.25, 0.3) is 0 Å². The van der Waals surface area contributed by atoms with Gasteiger partial charge in [0, 0.05) is 29.5 Å². The highest BCUT2D eigenvalue weighted by atomic mass is 16.5. The quantitative estimate of drug-likeness (QED) is 0.535. The van der Waals surface area contributed by atoms with Gasteiger partial charge in [-0.25, -0.2) is 9.97 Å². The maximum absolute atomic E-state index is 12.4. The number of nitrogens with one attached hydrogen (secondary N) is 3. The third-order valence-corrected chi connectivity index (χ3v) is 4.18. The number of aryl methyl sites for hydroxylation is 1. The Morgan fingerprint density at radius 1 is 1.00 bits per heavy atom. The third-order valence-electron chi connectivity index (χ3n) is 4.18. The van der Waals surface area contributed by atoms with Crippen molar-refractivity contribution in [3.05, 3.63) is 66.0 Å². The summed E-state index contributed by atoms with van der Waals surface area (Å²) >= 11 is 0. The Morgan fingerprint density at radius 2 is 1.69 bits per heavy atom. The molecule has 0 aliphatic carbocycles. The first-order chi connectivity index (χ1) is 14.1. The van der Waals surface area contributed by atoms with Crippen LogP contribution in [-0.2, 0) is 11.2 Å². The van der Waals surface area contributed by atoms with E-state index in [1.807, 2.05) is 68.4 Å².